The van der Waals surface area contributed by atoms with E-state index in [1.165, 1.54) is 12.8 Å². The van der Waals surface area contributed by atoms with Crippen LogP contribution >= 0.6 is 11.6 Å². The first-order valence-electron chi connectivity index (χ1n) is 10.3. The molecule has 1 aliphatic carbocycles. The zero-order valence-electron chi connectivity index (χ0n) is 16.7. The van der Waals surface area contributed by atoms with Crippen LogP contribution in [0.15, 0.2) is 48.5 Å². The van der Waals surface area contributed by atoms with Crippen molar-refractivity contribution in [2.24, 2.45) is 5.92 Å². The molecule has 4 nitrogen and oxygen atoms in total. The van der Waals surface area contributed by atoms with Crippen molar-refractivity contribution >= 4 is 28.5 Å². The van der Waals surface area contributed by atoms with Gasteiger partial charge in [-0.05, 0) is 49.3 Å². The Morgan fingerprint density at radius 1 is 1.10 bits per heavy atom. The van der Waals surface area contributed by atoms with Gasteiger partial charge in [0, 0.05) is 40.6 Å². The van der Waals surface area contributed by atoms with Crippen LogP contribution in [0, 0.1) is 5.92 Å². The molecule has 152 valence electrons. The lowest BCUT2D eigenvalue weighted by molar-refractivity contribution is 0.0684. The van der Waals surface area contributed by atoms with Crippen molar-refractivity contribution in [1.82, 2.24) is 9.88 Å². The molecule has 0 saturated heterocycles. The summed E-state index contributed by atoms with van der Waals surface area (Å²) in [7, 11) is 0. The van der Waals surface area contributed by atoms with Crippen LogP contribution in [-0.2, 0) is 13.1 Å². The minimum atomic E-state index is -0.901. The standard InChI is InChI=1S/C24H27ClN2O2/c1-16-10-12-18(13-11-16)26-14-20-19-7-3-5-9-22(19)27(23(20)24(28)29)15-17-6-2-4-8-21(17)25/h2-9,16,18,26H,10-15H2,1H3,(H,28,29). The van der Waals surface area contributed by atoms with E-state index in [0.29, 0.717) is 29.8 Å². The molecular weight excluding hydrogens is 384 g/mol. The fourth-order valence-corrected chi connectivity index (χ4v) is 4.67. The van der Waals surface area contributed by atoms with E-state index in [0.717, 1.165) is 40.8 Å². The number of nitrogens with zero attached hydrogens (tertiary/aromatic N) is 1. The summed E-state index contributed by atoms with van der Waals surface area (Å²) >= 11 is 6.37. The maximum Gasteiger partial charge on any atom is 0.352 e. The molecule has 1 fully saturated rings. The Morgan fingerprint density at radius 2 is 1.79 bits per heavy atom. The number of carbonyl (C=O) groups is 1. The van der Waals surface area contributed by atoms with Crippen LogP contribution in [0.5, 0.6) is 0 Å². The number of aromatic carboxylic acids is 1. The maximum atomic E-state index is 12.3. The lowest BCUT2D eigenvalue weighted by Gasteiger charge is -2.27. The van der Waals surface area contributed by atoms with Crippen molar-refractivity contribution < 1.29 is 9.90 Å². The molecule has 0 radical (unpaired) electrons. The number of para-hydroxylation sites is 1. The first kappa shape index (κ1) is 20.0. The molecule has 0 amide bonds. The molecule has 1 aliphatic rings. The van der Waals surface area contributed by atoms with Gasteiger partial charge in [-0.1, -0.05) is 54.9 Å². The van der Waals surface area contributed by atoms with Crippen molar-refractivity contribution in [3.05, 3.63) is 70.4 Å². The highest BCUT2D eigenvalue weighted by atomic mass is 35.5. The highest BCUT2D eigenvalue weighted by Gasteiger charge is 2.24. The van der Waals surface area contributed by atoms with Crippen LogP contribution < -0.4 is 5.32 Å². The topological polar surface area (TPSA) is 54.3 Å². The molecular formula is C24H27ClN2O2. The highest BCUT2D eigenvalue weighted by Crippen LogP contribution is 2.30. The fourth-order valence-electron chi connectivity index (χ4n) is 4.47. The van der Waals surface area contributed by atoms with Gasteiger partial charge in [0.05, 0.1) is 0 Å². The predicted octanol–water partition coefficient (Wildman–Crippen LogP) is 5.71. The van der Waals surface area contributed by atoms with E-state index in [1.807, 2.05) is 53.1 Å². The molecule has 0 atom stereocenters. The first-order valence-corrected chi connectivity index (χ1v) is 10.7. The van der Waals surface area contributed by atoms with E-state index in [1.54, 1.807) is 0 Å². The van der Waals surface area contributed by atoms with Gasteiger partial charge >= 0.3 is 5.97 Å². The number of fused-ring (bicyclic) bond motifs is 1. The molecule has 2 aromatic carbocycles. The van der Waals surface area contributed by atoms with Gasteiger partial charge in [0.25, 0.3) is 0 Å². The van der Waals surface area contributed by atoms with Gasteiger partial charge in [-0.15, -0.1) is 0 Å². The average molecular weight is 411 g/mol. The summed E-state index contributed by atoms with van der Waals surface area (Å²) in [4.78, 5) is 12.3. The molecule has 0 spiro atoms. The van der Waals surface area contributed by atoms with Crippen LogP contribution in [0.4, 0.5) is 0 Å². The zero-order valence-corrected chi connectivity index (χ0v) is 17.5. The summed E-state index contributed by atoms with van der Waals surface area (Å²) in [5, 5.41) is 15.4. The maximum absolute atomic E-state index is 12.3. The smallest absolute Gasteiger partial charge is 0.352 e. The van der Waals surface area contributed by atoms with Crippen molar-refractivity contribution in [3.63, 3.8) is 0 Å². The van der Waals surface area contributed by atoms with Gasteiger partial charge in [-0.3, -0.25) is 0 Å². The number of hydrogen-bond donors (Lipinski definition) is 2. The zero-order chi connectivity index (χ0) is 20.4. The van der Waals surface area contributed by atoms with Crippen LogP contribution in [0.3, 0.4) is 0 Å². The molecule has 5 heteroatoms. The van der Waals surface area contributed by atoms with Crippen molar-refractivity contribution in [3.8, 4) is 0 Å². The Kier molecular flexibility index (Phi) is 5.93. The van der Waals surface area contributed by atoms with Crippen LogP contribution in [-0.4, -0.2) is 21.7 Å². The largest absolute Gasteiger partial charge is 0.477 e. The molecule has 0 unspecified atom stereocenters. The van der Waals surface area contributed by atoms with E-state index in [2.05, 4.69) is 12.2 Å². The highest BCUT2D eigenvalue weighted by molar-refractivity contribution is 6.31. The number of carboxylic acids is 1. The lowest BCUT2D eigenvalue weighted by atomic mass is 9.87. The van der Waals surface area contributed by atoms with Gasteiger partial charge in [0.2, 0.25) is 0 Å². The molecule has 29 heavy (non-hydrogen) atoms. The summed E-state index contributed by atoms with van der Waals surface area (Å²) in [6, 6.07) is 16.0. The van der Waals surface area contributed by atoms with Crippen LogP contribution in [0.2, 0.25) is 5.02 Å². The normalized spacial score (nSPS) is 19.5. The van der Waals surface area contributed by atoms with Gasteiger partial charge in [0.1, 0.15) is 5.69 Å². The van der Waals surface area contributed by atoms with E-state index >= 15 is 0 Å². The third kappa shape index (κ3) is 4.19. The Balaban J connectivity index is 1.71. The SMILES string of the molecule is CC1CCC(NCc2c(C(=O)O)n(Cc3ccccc3Cl)c3ccccc23)CC1. The molecule has 1 saturated carbocycles. The fraction of sp³-hybridized carbons (Fsp3) is 0.375. The monoisotopic (exact) mass is 410 g/mol. The Bertz CT molecular complexity index is 1020. The Labute approximate surface area is 176 Å². The first-order chi connectivity index (χ1) is 14.0. The minimum absolute atomic E-state index is 0.350. The van der Waals surface area contributed by atoms with E-state index in [9.17, 15) is 9.90 Å². The van der Waals surface area contributed by atoms with Gasteiger partial charge < -0.3 is 15.0 Å². The van der Waals surface area contributed by atoms with Crippen molar-refractivity contribution in [2.75, 3.05) is 0 Å². The number of benzene rings is 2. The van der Waals surface area contributed by atoms with E-state index in [-0.39, 0.29) is 0 Å². The third-order valence-electron chi connectivity index (χ3n) is 6.15. The third-order valence-corrected chi connectivity index (χ3v) is 6.52. The van der Waals surface area contributed by atoms with Crippen LogP contribution in [0.25, 0.3) is 10.9 Å². The number of aromatic nitrogens is 1. The minimum Gasteiger partial charge on any atom is -0.477 e. The number of hydrogen-bond acceptors (Lipinski definition) is 2. The molecule has 4 rings (SSSR count). The second-order valence-electron chi connectivity index (χ2n) is 8.16. The molecule has 3 aromatic rings. The number of halogens is 1. The van der Waals surface area contributed by atoms with Crippen LogP contribution in [0.1, 0.15) is 54.2 Å². The molecule has 0 bridgehead atoms. The summed E-state index contributed by atoms with van der Waals surface area (Å²) in [6.07, 6.45) is 4.78. The number of rotatable bonds is 6. The van der Waals surface area contributed by atoms with Gasteiger partial charge in [0.15, 0.2) is 0 Å². The van der Waals surface area contributed by atoms with E-state index < -0.39 is 5.97 Å². The molecule has 0 aliphatic heterocycles. The number of nitrogens with one attached hydrogen (secondary N) is 1. The summed E-state index contributed by atoms with van der Waals surface area (Å²) in [5.41, 5.74) is 3.05. The second-order valence-corrected chi connectivity index (χ2v) is 8.57. The van der Waals surface area contributed by atoms with E-state index in [4.69, 9.17) is 11.6 Å². The van der Waals surface area contributed by atoms with Gasteiger partial charge in [-0.2, -0.15) is 0 Å². The second kappa shape index (κ2) is 8.60. The van der Waals surface area contributed by atoms with Crippen molar-refractivity contribution in [1.29, 1.82) is 0 Å². The van der Waals surface area contributed by atoms with Gasteiger partial charge in [-0.25, -0.2) is 4.79 Å². The molecule has 2 N–H and O–H groups in total. The Hall–Kier alpha value is -2.30. The summed E-state index contributed by atoms with van der Waals surface area (Å²) in [5.74, 6) is -0.109. The molecule has 1 aromatic heterocycles. The lowest BCUT2D eigenvalue weighted by Crippen LogP contribution is -2.32. The molecule has 1 heterocycles. The summed E-state index contributed by atoms with van der Waals surface area (Å²) < 4.78 is 1.89. The Morgan fingerprint density at radius 3 is 2.52 bits per heavy atom. The average Bonchev–Trinajstić information content (AvgIpc) is 3.03. The predicted molar refractivity (Wildman–Crippen MR) is 118 cm³/mol. The quantitative estimate of drug-likeness (QED) is 0.547. The van der Waals surface area contributed by atoms with Crippen molar-refractivity contribution in [2.45, 2.75) is 51.7 Å². The number of carboxylic acid groups (broad SMARTS) is 1. The summed E-state index contributed by atoms with van der Waals surface area (Å²) in [6.45, 7) is 3.31.